The lowest BCUT2D eigenvalue weighted by molar-refractivity contribution is 0.470. The number of nitrogens with zero attached hydrogens (tertiary/aromatic N) is 1. The summed E-state index contributed by atoms with van der Waals surface area (Å²) < 4.78 is 0. The molecule has 0 atom stereocenters. The third-order valence-corrected chi connectivity index (χ3v) is 0.884. The normalized spacial score (nSPS) is 10.4. The second-order valence-electron chi connectivity index (χ2n) is 1.73. The van der Waals surface area contributed by atoms with Gasteiger partial charge < -0.3 is 10.6 Å². The highest BCUT2D eigenvalue weighted by Gasteiger charge is 1.78. The summed E-state index contributed by atoms with van der Waals surface area (Å²) in [6.07, 6.45) is 5.14. The molecule has 0 unspecified atom stereocenters. The van der Waals surface area contributed by atoms with E-state index >= 15 is 0 Å². The molecule has 0 bridgehead atoms. The maximum absolute atomic E-state index is 5.29. The molecule has 0 spiro atoms. The molecule has 0 fully saturated rings. The predicted molar refractivity (Wildman–Crippen MR) is 36.2 cm³/mol. The third-order valence-electron chi connectivity index (χ3n) is 0.884. The van der Waals surface area contributed by atoms with Crippen molar-refractivity contribution < 1.29 is 0 Å². The fourth-order valence-electron chi connectivity index (χ4n) is 0.346. The standard InChI is InChI=1S/C6H14N2/c1-3-4-5-8(2)6-7/h4-5H,3,6-7H2,1-2H3/b5-4-. The largest absolute Gasteiger partial charge is 0.368 e. The minimum Gasteiger partial charge on any atom is -0.368 e. The van der Waals surface area contributed by atoms with Crippen molar-refractivity contribution in [2.75, 3.05) is 13.7 Å². The zero-order valence-corrected chi connectivity index (χ0v) is 5.59. The Labute approximate surface area is 51.0 Å². The van der Waals surface area contributed by atoms with Crippen LogP contribution >= 0.6 is 0 Å². The molecule has 0 aliphatic rings. The van der Waals surface area contributed by atoms with E-state index in [1.807, 2.05) is 18.1 Å². The van der Waals surface area contributed by atoms with Gasteiger partial charge in [-0.15, -0.1) is 0 Å². The third kappa shape index (κ3) is 3.68. The van der Waals surface area contributed by atoms with E-state index in [1.165, 1.54) is 0 Å². The molecule has 0 rings (SSSR count). The molecular formula is C6H14N2. The van der Waals surface area contributed by atoms with Crippen molar-refractivity contribution in [2.24, 2.45) is 5.73 Å². The molecule has 0 aromatic heterocycles. The molecule has 0 aromatic rings. The molecule has 2 N–H and O–H groups in total. The molecular weight excluding hydrogens is 100 g/mol. The van der Waals surface area contributed by atoms with Crippen molar-refractivity contribution in [1.29, 1.82) is 0 Å². The molecule has 0 aliphatic heterocycles. The van der Waals surface area contributed by atoms with Crippen LogP contribution in [0.2, 0.25) is 0 Å². The van der Waals surface area contributed by atoms with E-state index in [9.17, 15) is 0 Å². The first-order valence-corrected chi connectivity index (χ1v) is 2.88. The Morgan fingerprint density at radius 2 is 2.25 bits per heavy atom. The summed E-state index contributed by atoms with van der Waals surface area (Å²) in [6.45, 7) is 2.69. The van der Waals surface area contributed by atoms with E-state index in [1.54, 1.807) is 0 Å². The Morgan fingerprint density at radius 3 is 2.62 bits per heavy atom. The summed E-state index contributed by atoms with van der Waals surface area (Å²) in [5, 5.41) is 0. The van der Waals surface area contributed by atoms with E-state index in [-0.39, 0.29) is 0 Å². The Bertz CT molecular complexity index is 68.9. The van der Waals surface area contributed by atoms with Gasteiger partial charge in [-0.05, 0) is 12.6 Å². The second-order valence-corrected chi connectivity index (χ2v) is 1.73. The van der Waals surface area contributed by atoms with Crippen molar-refractivity contribution in [3.8, 4) is 0 Å². The van der Waals surface area contributed by atoms with Crippen LogP contribution in [0.15, 0.2) is 12.3 Å². The van der Waals surface area contributed by atoms with E-state index < -0.39 is 0 Å². The van der Waals surface area contributed by atoms with Crippen LogP contribution in [0.4, 0.5) is 0 Å². The Kier molecular flexibility index (Phi) is 4.36. The Balaban J connectivity index is 3.21. The van der Waals surface area contributed by atoms with Crippen LogP contribution in [-0.2, 0) is 0 Å². The zero-order chi connectivity index (χ0) is 6.41. The lowest BCUT2D eigenvalue weighted by Gasteiger charge is -2.07. The smallest absolute Gasteiger partial charge is 0.0648 e. The van der Waals surface area contributed by atoms with Gasteiger partial charge in [-0.25, -0.2) is 0 Å². The fourth-order valence-corrected chi connectivity index (χ4v) is 0.346. The summed E-state index contributed by atoms with van der Waals surface area (Å²) in [4.78, 5) is 1.93. The highest BCUT2D eigenvalue weighted by Crippen LogP contribution is 1.82. The van der Waals surface area contributed by atoms with Gasteiger partial charge in [0.25, 0.3) is 0 Å². The fraction of sp³-hybridized carbons (Fsp3) is 0.667. The van der Waals surface area contributed by atoms with Crippen LogP contribution in [0.3, 0.4) is 0 Å². The van der Waals surface area contributed by atoms with Crippen LogP contribution in [0.25, 0.3) is 0 Å². The number of rotatable bonds is 3. The van der Waals surface area contributed by atoms with Gasteiger partial charge in [0.2, 0.25) is 0 Å². The van der Waals surface area contributed by atoms with Crippen molar-refractivity contribution in [3.05, 3.63) is 12.3 Å². The molecule has 0 saturated carbocycles. The summed E-state index contributed by atoms with van der Waals surface area (Å²) in [5.74, 6) is 0. The molecule has 2 nitrogen and oxygen atoms in total. The minimum absolute atomic E-state index is 0.594. The van der Waals surface area contributed by atoms with Gasteiger partial charge in [-0.3, -0.25) is 0 Å². The van der Waals surface area contributed by atoms with E-state index in [2.05, 4.69) is 13.0 Å². The highest BCUT2D eigenvalue weighted by atomic mass is 15.1. The first-order chi connectivity index (χ1) is 3.81. The number of hydrogen-bond acceptors (Lipinski definition) is 2. The molecule has 48 valence electrons. The molecule has 2 heteroatoms. The Morgan fingerprint density at radius 1 is 1.62 bits per heavy atom. The van der Waals surface area contributed by atoms with Crippen molar-refractivity contribution in [3.63, 3.8) is 0 Å². The van der Waals surface area contributed by atoms with Gasteiger partial charge in [0.15, 0.2) is 0 Å². The van der Waals surface area contributed by atoms with Crippen LogP contribution < -0.4 is 5.73 Å². The minimum atomic E-state index is 0.594. The van der Waals surface area contributed by atoms with Gasteiger partial charge in [0.05, 0.1) is 6.67 Å². The quantitative estimate of drug-likeness (QED) is 0.549. The second kappa shape index (κ2) is 4.65. The Hall–Kier alpha value is -0.500. The van der Waals surface area contributed by atoms with Crippen LogP contribution in [0.1, 0.15) is 13.3 Å². The van der Waals surface area contributed by atoms with Crippen LogP contribution in [-0.4, -0.2) is 18.6 Å². The maximum atomic E-state index is 5.29. The maximum Gasteiger partial charge on any atom is 0.0648 e. The number of hydrogen-bond donors (Lipinski definition) is 1. The molecule has 0 aromatic carbocycles. The topological polar surface area (TPSA) is 29.3 Å². The monoisotopic (exact) mass is 114 g/mol. The summed E-state index contributed by atoms with van der Waals surface area (Å²) in [5.41, 5.74) is 5.29. The predicted octanol–water partition coefficient (Wildman–Crippen LogP) is 0.758. The molecule has 0 amide bonds. The van der Waals surface area contributed by atoms with Gasteiger partial charge in [0.1, 0.15) is 0 Å². The highest BCUT2D eigenvalue weighted by molar-refractivity contribution is 4.77. The first kappa shape index (κ1) is 7.50. The van der Waals surface area contributed by atoms with Crippen LogP contribution in [0, 0.1) is 0 Å². The zero-order valence-electron chi connectivity index (χ0n) is 5.59. The average molecular weight is 114 g/mol. The lowest BCUT2D eigenvalue weighted by Crippen LogP contribution is -2.19. The molecule has 0 radical (unpaired) electrons. The van der Waals surface area contributed by atoms with E-state index in [4.69, 9.17) is 5.73 Å². The van der Waals surface area contributed by atoms with Gasteiger partial charge in [-0.2, -0.15) is 0 Å². The summed E-state index contributed by atoms with van der Waals surface area (Å²) >= 11 is 0. The number of nitrogens with two attached hydrogens (primary N) is 1. The van der Waals surface area contributed by atoms with E-state index in [0.29, 0.717) is 6.67 Å². The van der Waals surface area contributed by atoms with Crippen molar-refractivity contribution in [2.45, 2.75) is 13.3 Å². The van der Waals surface area contributed by atoms with Gasteiger partial charge >= 0.3 is 0 Å². The van der Waals surface area contributed by atoms with Crippen molar-refractivity contribution in [1.82, 2.24) is 4.90 Å². The molecule has 8 heavy (non-hydrogen) atoms. The first-order valence-electron chi connectivity index (χ1n) is 2.88. The van der Waals surface area contributed by atoms with Crippen molar-refractivity contribution >= 4 is 0 Å². The van der Waals surface area contributed by atoms with Gasteiger partial charge in [-0.1, -0.05) is 13.0 Å². The average Bonchev–Trinajstić information content (AvgIpc) is 1.83. The number of allylic oxidation sites excluding steroid dienone is 1. The lowest BCUT2D eigenvalue weighted by atomic mass is 10.5. The SMILES string of the molecule is CC/C=C\N(C)CN. The molecule has 0 heterocycles. The summed E-state index contributed by atoms with van der Waals surface area (Å²) in [6, 6.07) is 0. The van der Waals surface area contributed by atoms with Gasteiger partial charge in [0, 0.05) is 7.05 Å². The molecule has 0 aliphatic carbocycles. The molecule has 0 saturated heterocycles. The van der Waals surface area contributed by atoms with Crippen LogP contribution in [0.5, 0.6) is 0 Å². The summed E-state index contributed by atoms with van der Waals surface area (Å²) in [7, 11) is 1.95. The van der Waals surface area contributed by atoms with E-state index in [0.717, 1.165) is 6.42 Å².